The zero-order chi connectivity index (χ0) is 24.0. The number of benzene rings is 2. The first kappa shape index (κ1) is 23.9. The SMILES string of the molecule is CCOP(=O)(OCC)OCc1ccc(NC=C2C(=O)Nc3ncc(-c4ccccc4)cc32)cc1. The molecular formula is C25H26N3O5P. The highest BCUT2D eigenvalue weighted by Crippen LogP contribution is 2.49. The molecule has 1 aliphatic heterocycles. The first-order valence-electron chi connectivity index (χ1n) is 11.0. The fourth-order valence-electron chi connectivity index (χ4n) is 3.43. The number of carbonyl (C=O) groups excluding carboxylic acids is 1. The Balaban J connectivity index is 1.45. The van der Waals surface area contributed by atoms with Gasteiger partial charge in [0, 0.05) is 29.2 Å². The summed E-state index contributed by atoms with van der Waals surface area (Å²) in [6, 6.07) is 19.2. The summed E-state index contributed by atoms with van der Waals surface area (Å²) in [5.41, 5.74) is 4.79. The van der Waals surface area contributed by atoms with Crippen LogP contribution in [0.4, 0.5) is 11.5 Å². The molecule has 0 unspecified atom stereocenters. The topological polar surface area (TPSA) is 98.8 Å². The monoisotopic (exact) mass is 479 g/mol. The van der Waals surface area contributed by atoms with E-state index in [-0.39, 0.29) is 25.7 Å². The summed E-state index contributed by atoms with van der Waals surface area (Å²) in [6.45, 7) is 4.00. The van der Waals surface area contributed by atoms with Crippen LogP contribution in [0.2, 0.25) is 0 Å². The minimum atomic E-state index is -3.56. The van der Waals surface area contributed by atoms with Gasteiger partial charge in [-0.3, -0.25) is 18.4 Å². The Bertz CT molecular complexity index is 1220. The number of carbonyl (C=O) groups is 1. The predicted octanol–water partition coefficient (Wildman–Crippen LogP) is 5.85. The Hall–Kier alpha value is -3.29. The number of fused-ring (bicyclic) bond motifs is 1. The quantitative estimate of drug-likeness (QED) is 0.278. The van der Waals surface area contributed by atoms with Crippen molar-refractivity contribution < 1.29 is 22.9 Å². The standard InChI is InChI=1S/C25H26N3O5P/c1-3-31-34(30,32-4-2)33-17-18-10-12-21(13-11-18)26-16-23-22-14-20(19-8-6-5-7-9-19)15-27-24(22)28-25(23)29/h5-16,26H,3-4,17H2,1-2H3,(H,27,28,29). The van der Waals surface area contributed by atoms with Crippen molar-refractivity contribution in [1.29, 1.82) is 0 Å². The van der Waals surface area contributed by atoms with Crippen LogP contribution in [-0.2, 0) is 29.5 Å². The van der Waals surface area contributed by atoms with Crippen LogP contribution in [0.5, 0.6) is 0 Å². The lowest BCUT2D eigenvalue weighted by Gasteiger charge is -2.16. The maximum absolute atomic E-state index is 12.5. The number of hydrogen-bond acceptors (Lipinski definition) is 7. The molecule has 34 heavy (non-hydrogen) atoms. The van der Waals surface area contributed by atoms with E-state index < -0.39 is 7.82 Å². The predicted molar refractivity (Wildman–Crippen MR) is 132 cm³/mol. The van der Waals surface area contributed by atoms with Crippen molar-refractivity contribution in [2.24, 2.45) is 0 Å². The van der Waals surface area contributed by atoms with E-state index >= 15 is 0 Å². The summed E-state index contributed by atoms with van der Waals surface area (Å²) >= 11 is 0. The van der Waals surface area contributed by atoms with Gasteiger partial charge < -0.3 is 10.6 Å². The number of pyridine rings is 1. The second-order valence-electron chi connectivity index (χ2n) is 7.40. The van der Waals surface area contributed by atoms with Gasteiger partial charge in [0.15, 0.2) is 0 Å². The van der Waals surface area contributed by atoms with Crippen LogP contribution in [0.3, 0.4) is 0 Å². The van der Waals surface area contributed by atoms with Gasteiger partial charge in [-0.15, -0.1) is 0 Å². The Morgan fingerprint density at radius 1 is 0.971 bits per heavy atom. The molecule has 0 spiro atoms. The van der Waals surface area contributed by atoms with Crippen LogP contribution < -0.4 is 10.6 Å². The van der Waals surface area contributed by atoms with Gasteiger partial charge in [-0.05, 0) is 43.2 Å². The maximum Gasteiger partial charge on any atom is 0.475 e. The first-order chi connectivity index (χ1) is 16.5. The van der Waals surface area contributed by atoms with Gasteiger partial charge in [-0.2, -0.15) is 0 Å². The average molecular weight is 479 g/mol. The first-order valence-corrected chi connectivity index (χ1v) is 12.4. The van der Waals surface area contributed by atoms with Crippen LogP contribution in [-0.4, -0.2) is 24.1 Å². The van der Waals surface area contributed by atoms with Crippen LogP contribution in [0.1, 0.15) is 25.0 Å². The maximum atomic E-state index is 12.5. The van der Waals surface area contributed by atoms with Gasteiger partial charge in [0.2, 0.25) is 0 Å². The summed E-state index contributed by atoms with van der Waals surface area (Å²) in [7, 11) is -3.56. The molecule has 0 saturated heterocycles. The van der Waals surface area contributed by atoms with E-state index in [0.717, 1.165) is 27.9 Å². The van der Waals surface area contributed by atoms with Crippen molar-refractivity contribution in [3.8, 4) is 11.1 Å². The van der Waals surface area contributed by atoms with E-state index in [1.165, 1.54) is 0 Å². The molecule has 2 N–H and O–H groups in total. The van der Waals surface area contributed by atoms with Crippen molar-refractivity contribution in [3.05, 3.63) is 84.2 Å². The molecule has 9 heteroatoms. The van der Waals surface area contributed by atoms with E-state index in [4.69, 9.17) is 13.6 Å². The fourth-order valence-corrected chi connectivity index (χ4v) is 4.60. The third kappa shape index (κ3) is 5.61. The third-order valence-electron chi connectivity index (χ3n) is 5.06. The third-order valence-corrected chi connectivity index (χ3v) is 6.66. The number of nitrogens with one attached hydrogen (secondary N) is 2. The normalized spacial score (nSPS) is 14.2. The molecule has 2 aromatic carbocycles. The van der Waals surface area contributed by atoms with Gasteiger partial charge >= 0.3 is 7.82 Å². The van der Waals surface area contributed by atoms with Crippen LogP contribution in [0.15, 0.2) is 73.1 Å². The molecule has 4 rings (SSSR count). The van der Waals surface area contributed by atoms with E-state index in [9.17, 15) is 9.36 Å². The zero-order valence-electron chi connectivity index (χ0n) is 19.0. The highest BCUT2D eigenvalue weighted by molar-refractivity contribution is 7.48. The Morgan fingerprint density at radius 3 is 2.35 bits per heavy atom. The highest BCUT2D eigenvalue weighted by atomic mass is 31.2. The van der Waals surface area contributed by atoms with Crippen molar-refractivity contribution in [2.45, 2.75) is 20.5 Å². The van der Waals surface area contributed by atoms with Crippen LogP contribution in [0.25, 0.3) is 16.7 Å². The van der Waals surface area contributed by atoms with Crippen molar-refractivity contribution in [2.75, 3.05) is 23.8 Å². The molecule has 0 bridgehead atoms. The molecule has 0 aliphatic carbocycles. The number of hydrogen-bond donors (Lipinski definition) is 2. The average Bonchev–Trinajstić information content (AvgIpc) is 3.17. The number of phosphoric ester groups is 1. The molecule has 3 aromatic rings. The van der Waals surface area contributed by atoms with Gasteiger partial charge in [-0.1, -0.05) is 42.5 Å². The van der Waals surface area contributed by atoms with Gasteiger partial charge in [0.1, 0.15) is 5.82 Å². The molecule has 0 saturated carbocycles. The second-order valence-corrected chi connectivity index (χ2v) is 9.06. The van der Waals surface area contributed by atoms with Crippen molar-refractivity contribution in [1.82, 2.24) is 4.98 Å². The molecule has 1 aliphatic rings. The largest absolute Gasteiger partial charge is 0.475 e. The summed E-state index contributed by atoms with van der Waals surface area (Å²) < 4.78 is 28.1. The zero-order valence-corrected chi connectivity index (χ0v) is 19.9. The second kappa shape index (κ2) is 10.8. The molecule has 2 heterocycles. The molecule has 0 fully saturated rings. The van der Waals surface area contributed by atoms with E-state index in [0.29, 0.717) is 11.4 Å². The number of rotatable bonds is 10. The highest BCUT2D eigenvalue weighted by Gasteiger charge is 2.26. The van der Waals surface area contributed by atoms with Gasteiger partial charge in [0.05, 0.1) is 25.4 Å². The lowest BCUT2D eigenvalue weighted by molar-refractivity contribution is -0.110. The van der Waals surface area contributed by atoms with E-state index in [1.807, 2.05) is 60.7 Å². The molecule has 176 valence electrons. The minimum Gasteiger partial charge on any atom is -0.361 e. The number of nitrogens with zero attached hydrogens (tertiary/aromatic N) is 1. The van der Waals surface area contributed by atoms with E-state index in [1.54, 1.807) is 26.2 Å². The lowest BCUT2D eigenvalue weighted by Crippen LogP contribution is -2.05. The van der Waals surface area contributed by atoms with E-state index in [2.05, 4.69) is 15.6 Å². The van der Waals surface area contributed by atoms with Crippen LogP contribution in [0, 0.1) is 0 Å². The van der Waals surface area contributed by atoms with Crippen LogP contribution >= 0.6 is 7.82 Å². The summed E-state index contributed by atoms with van der Waals surface area (Å²) in [5.74, 6) is 0.325. The Labute approximate surface area is 198 Å². The Morgan fingerprint density at radius 2 is 1.68 bits per heavy atom. The number of amides is 1. The molecule has 8 nitrogen and oxygen atoms in total. The smallest absolute Gasteiger partial charge is 0.361 e. The van der Waals surface area contributed by atoms with Gasteiger partial charge in [0.25, 0.3) is 5.91 Å². The molecular weight excluding hydrogens is 453 g/mol. The van der Waals surface area contributed by atoms with Crippen molar-refractivity contribution in [3.63, 3.8) is 0 Å². The number of anilines is 2. The molecule has 0 atom stereocenters. The summed E-state index contributed by atoms with van der Waals surface area (Å²) in [6.07, 6.45) is 3.42. The number of phosphoric acid groups is 1. The summed E-state index contributed by atoms with van der Waals surface area (Å²) in [4.78, 5) is 16.9. The number of aromatic nitrogens is 1. The summed E-state index contributed by atoms with van der Waals surface area (Å²) in [5, 5.41) is 5.96. The minimum absolute atomic E-state index is 0.0857. The lowest BCUT2D eigenvalue weighted by atomic mass is 10.0. The molecule has 1 amide bonds. The fraction of sp³-hybridized carbons (Fsp3) is 0.200. The Kier molecular flexibility index (Phi) is 7.55. The molecule has 1 aromatic heterocycles. The van der Waals surface area contributed by atoms with Gasteiger partial charge in [-0.25, -0.2) is 9.55 Å². The van der Waals surface area contributed by atoms with Crippen molar-refractivity contribution >= 4 is 30.8 Å². The molecule has 0 radical (unpaired) electrons.